The summed E-state index contributed by atoms with van der Waals surface area (Å²) in [6.07, 6.45) is 1.44. The molecule has 4 amide bonds. The van der Waals surface area contributed by atoms with Gasteiger partial charge in [-0.05, 0) is 43.0 Å². The summed E-state index contributed by atoms with van der Waals surface area (Å²) in [6, 6.07) is 11.9. The maximum absolute atomic E-state index is 12.6. The Hall–Kier alpha value is -3.95. The van der Waals surface area contributed by atoms with Gasteiger partial charge in [0.25, 0.3) is 0 Å². The van der Waals surface area contributed by atoms with Gasteiger partial charge < -0.3 is 35.1 Å². The number of benzene rings is 2. The fourth-order valence-electron chi connectivity index (χ4n) is 3.70. The predicted molar refractivity (Wildman–Crippen MR) is 127 cm³/mol. The summed E-state index contributed by atoms with van der Waals surface area (Å²) >= 11 is 0. The molecule has 1 aliphatic heterocycles. The highest BCUT2D eigenvalue weighted by molar-refractivity contribution is 6.39. The first kappa shape index (κ1) is 24.7. The van der Waals surface area contributed by atoms with E-state index in [9.17, 15) is 14.4 Å². The van der Waals surface area contributed by atoms with Crippen LogP contribution in [-0.4, -0.2) is 63.7 Å². The van der Waals surface area contributed by atoms with Crippen molar-refractivity contribution in [3.63, 3.8) is 0 Å². The number of carbonyl (C=O) groups is 3. The van der Waals surface area contributed by atoms with Crippen molar-refractivity contribution in [1.29, 1.82) is 0 Å². The molecule has 1 saturated heterocycles. The maximum atomic E-state index is 12.6. The van der Waals surface area contributed by atoms with Crippen LogP contribution in [0.15, 0.2) is 42.5 Å². The normalized spacial score (nSPS) is 13.6. The maximum Gasteiger partial charge on any atom is 0.321 e. The fourth-order valence-corrected chi connectivity index (χ4v) is 3.70. The lowest BCUT2D eigenvalue weighted by molar-refractivity contribution is -0.136. The van der Waals surface area contributed by atoms with E-state index in [0.29, 0.717) is 48.3 Å². The van der Waals surface area contributed by atoms with E-state index in [1.807, 2.05) is 12.1 Å². The van der Waals surface area contributed by atoms with Crippen molar-refractivity contribution in [2.45, 2.75) is 12.8 Å². The summed E-state index contributed by atoms with van der Waals surface area (Å²) in [6.45, 7) is 1.47. The number of rotatable bonds is 7. The number of hydrogen-bond donors (Lipinski definition) is 3. The molecule has 2 aromatic carbocycles. The van der Waals surface area contributed by atoms with E-state index in [1.165, 1.54) is 14.2 Å². The lowest BCUT2D eigenvalue weighted by Gasteiger charge is -2.32. The van der Waals surface area contributed by atoms with E-state index in [0.717, 1.165) is 12.8 Å². The van der Waals surface area contributed by atoms with Gasteiger partial charge in [-0.15, -0.1) is 0 Å². The monoisotopic (exact) mass is 470 g/mol. The lowest BCUT2D eigenvalue weighted by atomic mass is 9.97. The van der Waals surface area contributed by atoms with Gasteiger partial charge >= 0.3 is 17.8 Å². The Kier molecular flexibility index (Phi) is 8.55. The molecule has 0 radical (unpaired) electrons. The Labute approximate surface area is 198 Å². The Bertz CT molecular complexity index is 1020. The van der Waals surface area contributed by atoms with Crippen LogP contribution in [-0.2, 0) is 9.59 Å². The number of carbonyl (C=O) groups excluding carboxylic acids is 3. The molecule has 3 N–H and O–H groups in total. The molecule has 3 rings (SSSR count). The topological polar surface area (TPSA) is 118 Å². The van der Waals surface area contributed by atoms with Gasteiger partial charge in [-0.2, -0.15) is 0 Å². The third kappa shape index (κ3) is 6.31. The second-order valence-corrected chi connectivity index (χ2v) is 7.79. The molecule has 34 heavy (non-hydrogen) atoms. The summed E-state index contributed by atoms with van der Waals surface area (Å²) in [7, 11) is 4.56. The largest absolute Gasteiger partial charge is 0.495 e. The molecular formula is C24H30N4O6. The Morgan fingerprint density at radius 1 is 0.853 bits per heavy atom. The molecule has 10 nitrogen and oxygen atoms in total. The average Bonchev–Trinajstić information content (AvgIpc) is 2.87. The Balaban J connectivity index is 1.42. The van der Waals surface area contributed by atoms with Crippen LogP contribution < -0.4 is 30.2 Å². The number of nitrogens with zero attached hydrogens (tertiary/aromatic N) is 1. The molecule has 1 aliphatic rings. The minimum atomic E-state index is -0.763. The minimum absolute atomic E-state index is 0.174. The predicted octanol–water partition coefficient (Wildman–Crippen LogP) is 2.71. The number of ether oxygens (including phenoxy) is 3. The minimum Gasteiger partial charge on any atom is -0.495 e. The summed E-state index contributed by atoms with van der Waals surface area (Å²) in [5, 5.41) is 8.10. The van der Waals surface area contributed by atoms with Crippen LogP contribution in [0.5, 0.6) is 17.2 Å². The van der Waals surface area contributed by atoms with E-state index in [4.69, 9.17) is 14.2 Å². The van der Waals surface area contributed by atoms with E-state index in [-0.39, 0.29) is 11.9 Å². The summed E-state index contributed by atoms with van der Waals surface area (Å²) in [4.78, 5) is 38.8. The highest BCUT2D eigenvalue weighted by Crippen LogP contribution is 2.29. The van der Waals surface area contributed by atoms with Gasteiger partial charge in [0.2, 0.25) is 0 Å². The van der Waals surface area contributed by atoms with Crippen molar-refractivity contribution in [1.82, 2.24) is 10.2 Å². The Morgan fingerprint density at radius 3 is 2.21 bits per heavy atom. The van der Waals surface area contributed by atoms with E-state index < -0.39 is 11.8 Å². The Morgan fingerprint density at radius 2 is 1.53 bits per heavy atom. The van der Waals surface area contributed by atoms with E-state index in [2.05, 4.69) is 16.0 Å². The van der Waals surface area contributed by atoms with Crippen LogP contribution in [0.3, 0.4) is 0 Å². The number of anilines is 2. The molecule has 0 spiro atoms. The van der Waals surface area contributed by atoms with Gasteiger partial charge in [-0.3, -0.25) is 9.59 Å². The molecule has 0 saturated carbocycles. The quantitative estimate of drug-likeness (QED) is 0.536. The number of piperidine rings is 1. The summed E-state index contributed by atoms with van der Waals surface area (Å²) < 4.78 is 15.6. The first-order valence-corrected chi connectivity index (χ1v) is 10.9. The summed E-state index contributed by atoms with van der Waals surface area (Å²) in [5.41, 5.74) is 1.04. The van der Waals surface area contributed by atoms with Crippen molar-refractivity contribution < 1.29 is 28.6 Å². The van der Waals surface area contributed by atoms with Gasteiger partial charge in [-0.1, -0.05) is 12.1 Å². The van der Waals surface area contributed by atoms with Crippen LogP contribution >= 0.6 is 0 Å². The molecule has 0 unspecified atom stereocenters. The number of hydrogen-bond acceptors (Lipinski definition) is 6. The molecule has 0 atom stereocenters. The van der Waals surface area contributed by atoms with Crippen molar-refractivity contribution in [2.75, 3.05) is 51.6 Å². The lowest BCUT2D eigenvalue weighted by Crippen LogP contribution is -2.44. The molecule has 0 aromatic heterocycles. The highest BCUT2D eigenvalue weighted by Gasteiger charge is 2.24. The molecule has 0 aliphatic carbocycles. The standard InChI is InChI=1S/C24H30N4O6/c1-32-19-7-5-4-6-18(19)27-24(31)28-12-10-16(11-13-28)15-25-22(29)23(30)26-17-8-9-20(33-2)21(14-17)34-3/h4-9,14,16H,10-13,15H2,1-3H3,(H,25,29)(H,26,30)(H,27,31). The number of para-hydroxylation sites is 2. The van der Waals surface area contributed by atoms with Crippen LogP contribution in [0.2, 0.25) is 0 Å². The van der Waals surface area contributed by atoms with E-state index >= 15 is 0 Å². The van der Waals surface area contributed by atoms with Gasteiger partial charge in [-0.25, -0.2) is 4.79 Å². The van der Waals surface area contributed by atoms with Crippen molar-refractivity contribution in [2.24, 2.45) is 5.92 Å². The SMILES string of the molecule is COc1ccccc1NC(=O)N1CCC(CNC(=O)C(=O)Nc2ccc(OC)c(OC)c2)CC1. The number of urea groups is 1. The van der Waals surface area contributed by atoms with Crippen molar-refractivity contribution in [3.8, 4) is 17.2 Å². The first-order valence-electron chi connectivity index (χ1n) is 10.9. The third-order valence-corrected chi connectivity index (χ3v) is 5.65. The molecule has 1 fully saturated rings. The zero-order chi connectivity index (χ0) is 24.5. The van der Waals surface area contributed by atoms with Crippen LogP contribution in [0.1, 0.15) is 12.8 Å². The number of methoxy groups -OCH3 is 3. The van der Waals surface area contributed by atoms with Crippen molar-refractivity contribution in [3.05, 3.63) is 42.5 Å². The smallest absolute Gasteiger partial charge is 0.321 e. The number of amides is 4. The number of likely N-dealkylation sites (tertiary alicyclic amines) is 1. The fraction of sp³-hybridized carbons (Fsp3) is 0.375. The van der Waals surface area contributed by atoms with Gasteiger partial charge in [0.15, 0.2) is 11.5 Å². The van der Waals surface area contributed by atoms with Crippen LogP contribution in [0, 0.1) is 5.92 Å². The molecule has 182 valence electrons. The number of nitrogens with one attached hydrogen (secondary N) is 3. The molecule has 1 heterocycles. The highest BCUT2D eigenvalue weighted by atomic mass is 16.5. The van der Waals surface area contributed by atoms with E-state index in [1.54, 1.807) is 42.3 Å². The zero-order valence-corrected chi connectivity index (χ0v) is 19.6. The summed E-state index contributed by atoms with van der Waals surface area (Å²) in [5.74, 6) is 0.259. The van der Waals surface area contributed by atoms with Gasteiger partial charge in [0, 0.05) is 31.4 Å². The van der Waals surface area contributed by atoms with Crippen molar-refractivity contribution >= 4 is 29.2 Å². The van der Waals surface area contributed by atoms with Crippen LogP contribution in [0.25, 0.3) is 0 Å². The average molecular weight is 471 g/mol. The second kappa shape index (κ2) is 11.8. The van der Waals surface area contributed by atoms with Gasteiger partial charge in [0.05, 0.1) is 27.0 Å². The third-order valence-electron chi connectivity index (χ3n) is 5.65. The molecule has 0 bridgehead atoms. The van der Waals surface area contributed by atoms with Gasteiger partial charge in [0.1, 0.15) is 5.75 Å². The molecule has 10 heteroatoms. The molecular weight excluding hydrogens is 440 g/mol. The first-order chi connectivity index (χ1) is 16.4. The molecule has 2 aromatic rings. The zero-order valence-electron chi connectivity index (χ0n) is 19.6. The van der Waals surface area contributed by atoms with Crippen LogP contribution in [0.4, 0.5) is 16.2 Å². The second-order valence-electron chi connectivity index (χ2n) is 7.79.